The highest BCUT2D eigenvalue weighted by Crippen LogP contribution is 2.29. The molecule has 0 unspecified atom stereocenters. The Morgan fingerprint density at radius 1 is 1.22 bits per heavy atom. The summed E-state index contributed by atoms with van der Waals surface area (Å²) in [5, 5.41) is 0. The van der Waals surface area contributed by atoms with E-state index in [1.165, 1.54) is 12.1 Å². The van der Waals surface area contributed by atoms with Crippen LogP contribution in [0.3, 0.4) is 0 Å². The lowest BCUT2D eigenvalue weighted by molar-refractivity contribution is -0.137. The average molecular weight is 259 g/mol. The van der Waals surface area contributed by atoms with Crippen LogP contribution in [-0.2, 0) is 10.9 Å². The van der Waals surface area contributed by atoms with E-state index in [4.69, 9.17) is 4.74 Å². The molecule has 0 atom stereocenters. The quantitative estimate of drug-likeness (QED) is 0.596. The molecule has 0 fully saturated rings. The molecule has 1 rings (SSSR count). The molecule has 0 amide bonds. The van der Waals surface area contributed by atoms with Crippen LogP contribution in [0.1, 0.15) is 31.9 Å². The lowest BCUT2D eigenvalue weighted by atomic mass is 10.1. The van der Waals surface area contributed by atoms with Crippen molar-refractivity contribution in [2.75, 3.05) is 6.61 Å². The van der Waals surface area contributed by atoms with Crippen molar-refractivity contribution in [3.8, 4) is 0 Å². The number of ether oxygens (including phenoxy) is 1. The van der Waals surface area contributed by atoms with Gasteiger partial charge in [0.05, 0.1) is 12.2 Å². The van der Waals surface area contributed by atoms with Crippen LogP contribution in [0.5, 0.6) is 0 Å². The minimum atomic E-state index is -4.32. The fourth-order valence-electron chi connectivity index (χ4n) is 1.37. The SMILES string of the molecule is CCOC(=NC(C)C)c1ccc(C(F)(F)F)cc1. The van der Waals surface area contributed by atoms with E-state index in [9.17, 15) is 13.2 Å². The number of rotatable bonds is 3. The first-order valence-corrected chi connectivity index (χ1v) is 5.72. The fraction of sp³-hybridized carbons (Fsp3) is 0.462. The summed E-state index contributed by atoms with van der Waals surface area (Å²) in [4.78, 5) is 4.24. The van der Waals surface area contributed by atoms with Crippen LogP contribution in [-0.4, -0.2) is 18.5 Å². The Kier molecular flexibility index (Phi) is 4.76. The molecule has 100 valence electrons. The van der Waals surface area contributed by atoms with E-state index in [2.05, 4.69) is 4.99 Å². The van der Waals surface area contributed by atoms with Crippen molar-refractivity contribution in [1.29, 1.82) is 0 Å². The van der Waals surface area contributed by atoms with Gasteiger partial charge in [-0.25, -0.2) is 4.99 Å². The monoisotopic (exact) mass is 259 g/mol. The third-order valence-electron chi connectivity index (χ3n) is 2.12. The number of alkyl halides is 3. The van der Waals surface area contributed by atoms with Gasteiger partial charge in [0.25, 0.3) is 0 Å². The first kappa shape index (κ1) is 14.5. The molecule has 0 saturated carbocycles. The topological polar surface area (TPSA) is 21.6 Å². The summed E-state index contributed by atoms with van der Waals surface area (Å²) in [7, 11) is 0. The zero-order chi connectivity index (χ0) is 13.8. The maximum Gasteiger partial charge on any atom is 0.416 e. The van der Waals surface area contributed by atoms with Crippen molar-refractivity contribution in [2.45, 2.75) is 33.0 Å². The van der Waals surface area contributed by atoms with Crippen LogP contribution in [0.15, 0.2) is 29.3 Å². The third-order valence-corrected chi connectivity index (χ3v) is 2.12. The number of halogens is 3. The molecular formula is C13H16F3NO. The maximum absolute atomic E-state index is 12.4. The van der Waals surface area contributed by atoms with Crippen LogP contribution in [0.2, 0.25) is 0 Å². The molecule has 1 aromatic carbocycles. The smallest absolute Gasteiger partial charge is 0.416 e. The van der Waals surface area contributed by atoms with Gasteiger partial charge in [0.1, 0.15) is 0 Å². The molecule has 1 aromatic rings. The van der Waals surface area contributed by atoms with Gasteiger partial charge in [0.15, 0.2) is 0 Å². The van der Waals surface area contributed by atoms with E-state index >= 15 is 0 Å². The Hall–Kier alpha value is -1.52. The molecule has 0 saturated heterocycles. The molecule has 18 heavy (non-hydrogen) atoms. The molecule has 0 bridgehead atoms. The van der Waals surface area contributed by atoms with E-state index in [0.717, 1.165) is 12.1 Å². The molecule has 0 N–H and O–H groups in total. The van der Waals surface area contributed by atoms with Gasteiger partial charge >= 0.3 is 6.18 Å². The highest BCUT2D eigenvalue weighted by atomic mass is 19.4. The van der Waals surface area contributed by atoms with Crippen LogP contribution >= 0.6 is 0 Å². The number of hydrogen-bond donors (Lipinski definition) is 0. The number of nitrogens with zero attached hydrogens (tertiary/aromatic N) is 1. The highest BCUT2D eigenvalue weighted by Gasteiger charge is 2.30. The van der Waals surface area contributed by atoms with Gasteiger partial charge in [0.2, 0.25) is 5.90 Å². The third kappa shape index (κ3) is 4.05. The highest BCUT2D eigenvalue weighted by molar-refractivity contribution is 5.94. The second kappa shape index (κ2) is 5.89. The molecule has 2 nitrogen and oxygen atoms in total. The average Bonchev–Trinajstić information content (AvgIpc) is 2.27. The van der Waals surface area contributed by atoms with Gasteiger partial charge in [-0.3, -0.25) is 0 Å². The molecule has 0 aliphatic heterocycles. The van der Waals surface area contributed by atoms with E-state index in [0.29, 0.717) is 18.1 Å². The van der Waals surface area contributed by atoms with Crippen molar-refractivity contribution >= 4 is 5.90 Å². The van der Waals surface area contributed by atoms with Crippen molar-refractivity contribution in [2.24, 2.45) is 4.99 Å². The Balaban J connectivity index is 3.01. The van der Waals surface area contributed by atoms with Gasteiger partial charge in [-0.15, -0.1) is 0 Å². The van der Waals surface area contributed by atoms with E-state index < -0.39 is 11.7 Å². The molecule has 5 heteroatoms. The molecule has 0 spiro atoms. The standard InChI is InChI=1S/C13H16F3NO/c1-4-18-12(17-9(2)3)10-5-7-11(8-6-10)13(14,15)16/h5-9H,4H2,1-3H3. The minimum absolute atomic E-state index is 0.0221. The second-order valence-electron chi connectivity index (χ2n) is 4.04. The number of benzene rings is 1. The first-order chi connectivity index (χ1) is 8.34. The minimum Gasteiger partial charge on any atom is -0.478 e. The van der Waals surface area contributed by atoms with E-state index in [1.54, 1.807) is 6.92 Å². The van der Waals surface area contributed by atoms with Crippen molar-refractivity contribution in [1.82, 2.24) is 0 Å². The lowest BCUT2D eigenvalue weighted by Crippen LogP contribution is -2.11. The first-order valence-electron chi connectivity index (χ1n) is 5.72. The Bertz CT molecular complexity index is 407. The van der Waals surface area contributed by atoms with Crippen LogP contribution < -0.4 is 0 Å². The summed E-state index contributed by atoms with van der Waals surface area (Å²) in [5.41, 5.74) is -0.120. The molecular weight excluding hydrogens is 243 g/mol. The van der Waals surface area contributed by atoms with Gasteiger partial charge in [-0.2, -0.15) is 13.2 Å². The summed E-state index contributed by atoms with van der Waals surface area (Å²) >= 11 is 0. The summed E-state index contributed by atoms with van der Waals surface area (Å²) in [6, 6.07) is 4.84. The predicted molar refractivity (Wildman–Crippen MR) is 64.7 cm³/mol. The molecule has 0 aliphatic rings. The summed E-state index contributed by atoms with van der Waals surface area (Å²) in [6.45, 7) is 5.98. The van der Waals surface area contributed by atoms with Gasteiger partial charge < -0.3 is 4.74 Å². The Morgan fingerprint density at radius 2 is 1.78 bits per heavy atom. The van der Waals surface area contributed by atoms with E-state index in [1.807, 2.05) is 13.8 Å². The Morgan fingerprint density at radius 3 is 2.17 bits per heavy atom. The maximum atomic E-state index is 12.4. The van der Waals surface area contributed by atoms with Gasteiger partial charge in [-0.05, 0) is 45.0 Å². The normalized spacial score (nSPS) is 12.9. The van der Waals surface area contributed by atoms with Gasteiger partial charge in [0, 0.05) is 11.6 Å². The zero-order valence-electron chi connectivity index (χ0n) is 10.6. The van der Waals surface area contributed by atoms with Crippen molar-refractivity contribution in [3.05, 3.63) is 35.4 Å². The zero-order valence-corrected chi connectivity index (χ0v) is 10.6. The van der Waals surface area contributed by atoms with E-state index in [-0.39, 0.29) is 6.04 Å². The molecule has 0 aliphatic carbocycles. The molecule has 0 aromatic heterocycles. The summed E-state index contributed by atoms with van der Waals surface area (Å²) in [6.07, 6.45) is -4.32. The lowest BCUT2D eigenvalue weighted by Gasteiger charge is -2.11. The van der Waals surface area contributed by atoms with Gasteiger partial charge in [-0.1, -0.05) is 0 Å². The number of aliphatic imine (C=N–C) groups is 1. The predicted octanol–water partition coefficient (Wildman–Crippen LogP) is 3.90. The van der Waals surface area contributed by atoms with Crippen LogP contribution in [0.25, 0.3) is 0 Å². The molecule has 0 radical (unpaired) electrons. The summed E-state index contributed by atoms with van der Waals surface area (Å²) < 4.78 is 42.6. The number of hydrogen-bond acceptors (Lipinski definition) is 2. The second-order valence-corrected chi connectivity index (χ2v) is 4.04. The fourth-order valence-corrected chi connectivity index (χ4v) is 1.37. The van der Waals surface area contributed by atoms with Crippen molar-refractivity contribution in [3.63, 3.8) is 0 Å². The van der Waals surface area contributed by atoms with Crippen molar-refractivity contribution < 1.29 is 17.9 Å². The van der Waals surface area contributed by atoms with Crippen LogP contribution in [0, 0.1) is 0 Å². The molecule has 0 heterocycles. The summed E-state index contributed by atoms with van der Waals surface area (Å²) in [5.74, 6) is 0.376. The Labute approximate surface area is 104 Å². The largest absolute Gasteiger partial charge is 0.478 e. The van der Waals surface area contributed by atoms with Crippen LogP contribution in [0.4, 0.5) is 13.2 Å².